The molecule has 0 saturated carbocycles. The van der Waals surface area contributed by atoms with Crippen molar-refractivity contribution in [2.45, 2.75) is 20.8 Å². The third-order valence-corrected chi connectivity index (χ3v) is 4.95. The van der Waals surface area contributed by atoms with Crippen molar-refractivity contribution in [2.75, 3.05) is 0 Å². The van der Waals surface area contributed by atoms with E-state index in [1.807, 2.05) is 6.20 Å². The summed E-state index contributed by atoms with van der Waals surface area (Å²) in [6.07, 6.45) is 4.17. The molecule has 4 aromatic rings. The lowest BCUT2D eigenvalue weighted by Gasteiger charge is -2.10. The van der Waals surface area contributed by atoms with E-state index < -0.39 is 0 Å². The van der Waals surface area contributed by atoms with Crippen molar-refractivity contribution in [3.05, 3.63) is 71.5 Å². The standard InChI is InChI=1S/C22H21N2/c1-14-10-22(24(4)13-16(14)3)19-11-20-18-8-6-5-7-17(18)12-23-21(20)9-15(19)2/h5-13H,1-4H3/q+1. The number of hydrogen-bond donors (Lipinski definition) is 0. The summed E-state index contributed by atoms with van der Waals surface area (Å²) < 4.78 is 2.22. The van der Waals surface area contributed by atoms with E-state index in [9.17, 15) is 0 Å². The minimum Gasteiger partial charge on any atom is -0.256 e. The van der Waals surface area contributed by atoms with Crippen molar-refractivity contribution >= 4 is 21.7 Å². The summed E-state index contributed by atoms with van der Waals surface area (Å²) in [4.78, 5) is 4.65. The van der Waals surface area contributed by atoms with Gasteiger partial charge >= 0.3 is 0 Å². The van der Waals surface area contributed by atoms with Crippen LogP contribution in [0, 0.1) is 20.8 Å². The highest BCUT2D eigenvalue weighted by Gasteiger charge is 2.16. The minimum atomic E-state index is 1.06. The van der Waals surface area contributed by atoms with Gasteiger partial charge in [0.05, 0.1) is 5.52 Å². The molecule has 0 amide bonds. The normalized spacial score (nSPS) is 11.3. The molecule has 2 heteroatoms. The van der Waals surface area contributed by atoms with Crippen molar-refractivity contribution in [1.29, 1.82) is 0 Å². The van der Waals surface area contributed by atoms with Crippen molar-refractivity contribution in [2.24, 2.45) is 7.05 Å². The lowest BCUT2D eigenvalue weighted by atomic mass is 9.97. The van der Waals surface area contributed by atoms with Crippen LogP contribution in [0.25, 0.3) is 32.9 Å². The summed E-state index contributed by atoms with van der Waals surface area (Å²) in [5.41, 5.74) is 7.45. The van der Waals surface area contributed by atoms with Gasteiger partial charge in [0.1, 0.15) is 7.05 Å². The van der Waals surface area contributed by atoms with Crippen LogP contribution in [0.5, 0.6) is 0 Å². The largest absolute Gasteiger partial charge is 0.256 e. The number of aromatic nitrogens is 2. The molecule has 0 fully saturated rings. The molecule has 0 N–H and O–H groups in total. The number of hydrogen-bond acceptors (Lipinski definition) is 1. The lowest BCUT2D eigenvalue weighted by Crippen LogP contribution is -2.31. The van der Waals surface area contributed by atoms with E-state index in [4.69, 9.17) is 0 Å². The average Bonchev–Trinajstić information content (AvgIpc) is 2.57. The fraction of sp³-hybridized carbons (Fsp3) is 0.182. The number of nitrogens with zero attached hydrogens (tertiary/aromatic N) is 2. The first-order valence-electron chi connectivity index (χ1n) is 8.30. The maximum absolute atomic E-state index is 4.65. The Balaban J connectivity index is 2.08. The first-order chi connectivity index (χ1) is 11.5. The smallest absolute Gasteiger partial charge is 0.212 e. The maximum Gasteiger partial charge on any atom is 0.212 e. The molecule has 2 nitrogen and oxygen atoms in total. The molecule has 0 saturated heterocycles. The lowest BCUT2D eigenvalue weighted by molar-refractivity contribution is -0.660. The van der Waals surface area contributed by atoms with E-state index in [0.717, 1.165) is 5.52 Å². The van der Waals surface area contributed by atoms with Crippen LogP contribution in [-0.4, -0.2) is 4.98 Å². The summed E-state index contributed by atoms with van der Waals surface area (Å²) in [7, 11) is 2.12. The number of rotatable bonds is 1. The van der Waals surface area contributed by atoms with Crippen molar-refractivity contribution < 1.29 is 4.57 Å². The Hall–Kier alpha value is -2.74. The van der Waals surface area contributed by atoms with Crippen LogP contribution in [0.3, 0.4) is 0 Å². The maximum atomic E-state index is 4.65. The Kier molecular flexibility index (Phi) is 3.34. The Morgan fingerprint density at radius 2 is 1.62 bits per heavy atom. The minimum absolute atomic E-state index is 1.06. The molecule has 0 spiro atoms. The third kappa shape index (κ3) is 2.26. The van der Waals surface area contributed by atoms with Crippen LogP contribution in [0.2, 0.25) is 0 Å². The Labute approximate surface area is 142 Å². The zero-order chi connectivity index (χ0) is 16.8. The Bertz CT molecular complexity index is 1090. The van der Waals surface area contributed by atoms with E-state index in [2.05, 4.69) is 86.0 Å². The van der Waals surface area contributed by atoms with Gasteiger partial charge in [0.2, 0.25) is 5.69 Å². The number of pyridine rings is 2. The molecule has 2 aromatic heterocycles. The summed E-state index contributed by atoms with van der Waals surface area (Å²) >= 11 is 0. The van der Waals surface area contributed by atoms with Gasteiger partial charge in [-0.1, -0.05) is 24.3 Å². The van der Waals surface area contributed by atoms with Crippen LogP contribution in [0.15, 0.2) is 54.9 Å². The van der Waals surface area contributed by atoms with Gasteiger partial charge in [0.15, 0.2) is 6.20 Å². The van der Waals surface area contributed by atoms with Crippen LogP contribution in [0.1, 0.15) is 16.7 Å². The molecule has 24 heavy (non-hydrogen) atoms. The molecule has 2 aromatic carbocycles. The molecule has 4 rings (SSSR count). The number of aryl methyl sites for hydroxylation is 4. The molecule has 0 aliphatic heterocycles. The number of fused-ring (bicyclic) bond motifs is 3. The van der Waals surface area contributed by atoms with Gasteiger partial charge in [-0.2, -0.15) is 0 Å². The highest BCUT2D eigenvalue weighted by Crippen LogP contribution is 2.30. The summed E-state index contributed by atoms with van der Waals surface area (Å²) in [5.74, 6) is 0. The predicted octanol–water partition coefficient (Wildman–Crippen LogP) is 4.80. The quantitative estimate of drug-likeness (QED) is 0.364. The summed E-state index contributed by atoms with van der Waals surface area (Å²) in [6, 6.07) is 15.2. The predicted molar refractivity (Wildman–Crippen MR) is 100 cm³/mol. The average molecular weight is 313 g/mol. The van der Waals surface area contributed by atoms with Gasteiger partial charge < -0.3 is 0 Å². The van der Waals surface area contributed by atoms with Gasteiger partial charge in [-0.25, -0.2) is 4.57 Å². The zero-order valence-electron chi connectivity index (χ0n) is 14.6. The Morgan fingerprint density at radius 1 is 0.833 bits per heavy atom. The van der Waals surface area contributed by atoms with Crippen molar-refractivity contribution in [3.8, 4) is 11.3 Å². The molecule has 0 aliphatic carbocycles. The fourth-order valence-electron chi connectivity index (χ4n) is 3.44. The van der Waals surface area contributed by atoms with E-state index in [1.54, 1.807) is 0 Å². The van der Waals surface area contributed by atoms with Crippen LogP contribution < -0.4 is 4.57 Å². The topological polar surface area (TPSA) is 16.8 Å². The van der Waals surface area contributed by atoms with Crippen LogP contribution in [-0.2, 0) is 7.05 Å². The summed E-state index contributed by atoms with van der Waals surface area (Å²) in [5, 5.41) is 3.66. The highest BCUT2D eigenvalue weighted by atomic mass is 14.9. The summed E-state index contributed by atoms with van der Waals surface area (Å²) in [6.45, 7) is 6.50. The first-order valence-corrected chi connectivity index (χ1v) is 8.30. The molecule has 0 atom stereocenters. The van der Waals surface area contributed by atoms with Gasteiger partial charge in [-0.3, -0.25) is 4.98 Å². The van der Waals surface area contributed by atoms with Gasteiger partial charge in [0.25, 0.3) is 0 Å². The second-order valence-electron chi connectivity index (χ2n) is 6.67. The monoisotopic (exact) mass is 313 g/mol. The second kappa shape index (κ2) is 5.41. The van der Waals surface area contributed by atoms with E-state index in [1.165, 1.54) is 44.1 Å². The molecular weight excluding hydrogens is 292 g/mol. The zero-order valence-corrected chi connectivity index (χ0v) is 14.6. The van der Waals surface area contributed by atoms with E-state index >= 15 is 0 Å². The molecular formula is C22H21N2+. The van der Waals surface area contributed by atoms with Crippen molar-refractivity contribution in [3.63, 3.8) is 0 Å². The van der Waals surface area contributed by atoms with E-state index in [-0.39, 0.29) is 0 Å². The SMILES string of the molecule is Cc1cc(-c2cc3c(cc2C)ncc2ccccc23)[n+](C)cc1C. The van der Waals surface area contributed by atoms with Crippen LogP contribution in [0.4, 0.5) is 0 Å². The molecule has 0 unspecified atom stereocenters. The molecule has 0 aliphatic rings. The highest BCUT2D eigenvalue weighted by molar-refractivity contribution is 6.06. The molecule has 0 radical (unpaired) electrons. The Morgan fingerprint density at radius 3 is 2.46 bits per heavy atom. The van der Waals surface area contributed by atoms with Gasteiger partial charge in [-0.05, 0) is 49.4 Å². The molecule has 2 heterocycles. The number of benzene rings is 2. The third-order valence-electron chi connectivity index (χ3n) is 4.95. The van der Waals surface area contributed by atoms with E-state index in [0.29, 0.717) is 0 Å². The first kappa shape index (κ1) is 14.8. The second-order valence-corrected chi connectivity index (χ2v) is 6.67. The molecule has 118 valence electrons. The van der Waals surface area contributed by atoms with Gasteiger partial charge in [0, 0.05) is 34.2 Å². The van der Waals surface area contributed by atoms with Gasteiger partial charge in [-0.15, -0.1) is 0 Å². The van der Waals surface area contributed by atoms with Crippen LogP contribution >= 0.6 is 0 Å². The fourth-order valence-corrected chi connectivity index (χ4v) is 3.44. The van der Waals surface area contributed by atoms with Crippen molar-refractivity contribution in [1.82, 2.24) is 4.98 Å². The molecule has 0 bridgehead atoms.